The van der Waals surface area contributed by atoms with Gasteiger partial charge >= 0.3 is 0 Å². The summed E-state index contributed by atoms with van der Waals surface area (Å²) in [6.07, 6.45) is 1.71. The Balaban J connectivity index is 2.14. The van der Waals surface area contributed by atoms with Gasteiger partial charge in [-0.05, 0) is 12.1 Å². The zero-order valence-electron chi connectivity index (χ0n) is 10.1. The Kier molecular flexibility index (Phi) is 4.48. The van der Waals surface area contributed by atoms with E-state index in [0.717, 1.165) is 0 Å². The number of nitrogens with two attached hydrogens (primary N) is 1. The van der Waals surface area contributed by atoms with Crippen LogP contribution in [0.4, 0.5) is 5.69 Å². The van der Waals surface area contributed by atoms with E-state index in [1.807, 2.05) is 0 Å². The number of sulfonamides is 1. The molecule has 0 saturated heterocycles. The molecule has 1 heterocycles. The third-order valence-electron chi connectivity index (χ3n) is 2.41. The Morgan fingerprint density at radius 1 is 1.30 bits per heavy atom. The molecule has 2 aromatic rings. The third kappa shape index (κ3) is 3.40. The molecule has 0 aliphatic carbocycles. The summed E-state index contributed by atoms with van der Waals surface area (Å²) in [4.78, 5) is 3.70. The van der Waals surface area contributed by atoms with Crippen molar-refractivity contribution in [2.24, 2.45) is 0 Å². The van der Waals surface area contributed by atoms with Gasteiger partial charge in [0.15, 0.2) is 0 Å². The molecule has 0 radical (unpaired) electrons. The number of hydrogen-bond acceptors (Lipinski definition) is 5. The van der Waals surface area contributed by atoms with Gasteiger partial charge in [0.25, 0.3) is 0 Å². The zero-order valence-corrected chi connectivity index (χ0v) is 12.4. The van der Waals surface area contributed by atoms with E-state index in [1.165, 1.54) is 18.5 Å². The van der Waals surface area contributed by atoms with E-state index in [0.29, 0.717) is 17.9 Å². The summed E-state index contributed by atoms with van der Waals surface area (Å²) >= 11 is 11.8. The molecule has 2 rings (SSSR count). The van der Waals surface area contributed by atoms with Gasteiger partial charge in [-0.3, -0.25) is 5.10 Å². The molecule has 0 amide bonds. The van der Waals surface area contributed by atoms with Crippen molar-refractivity contribution in [3.63, 3.8) is 0 Å². The summed E-state index contributed by atoms with van der Waals surface area (Å²) < 4.78 is 26.7. The number of nitrogens with zero attached hydrogens (tertiary/aromatic N) is 2. The quantitative estimate of drug-likeness (QED) is 0.710. The molecule has 0 bridgehead atoms. The van der Waals surface area contributed by atoms with Crippen LogP contribution in [0, 0.1) is 0 Å². The number of anilines is 1. The van der Waals surface area contributed by atoms with Gasteiger partial charge in [-0.15, -0.1) is 0 Å². The topological polar surface area (TPSA) is 114 Å². The predicted molar refractivity (Wildman–Crippen MR) is 76.1 cm³/mol. The van der Waals surface area contributed by atoms with Crippen LogP contribution in [0.15, 0.2) is 23.4 Å². The van der Waals surface area contributed by atoms with E-state index in [1.54, 1.807) is 0 Å². The highest BCUT2D eigenvalue weighted by Crippen LogP contribution is 2.31. The maximum absolute atomic E-state index is 12.1. The lowest BCUT2D eigenvalue weighted by Gasteiger charge is -2.10. The number of nitrogens with one attached hydrogen (secondary N) is 2. The van der Waals surface area contributed by atoms with Crippen LogP contribution in [0.1, 0.15) is 5.82 Å². The molecule has 0 unspecified atom stereocenters. The minimum absolute atomic E-state index is 0.0258. The molecule has 7 nitrogen and oxygen atoms in total. The zero-order chi connectivity index (χ0) is 14.8. The van der Waals surface area contributed by atoms with Crippen molar-refractivity contribution in [2.45, 2.75) is 11.3 Å². The number of halogens is 2. The van der Waals surface area contributed by atoms with E-state index in [9.17, 15) is 8.42 Å². The van der Waals surface area contributed by atoms with Gasteiger partial charge in [-0.1, -0.05) is 23.2 Å². The van der Waals surface area contributed by atoms with E-state index in [4.69, 9.17) is 28.9 Å². The second-order valence-electron chi connectivity index (χ2n) is 3.89. The van der Waals surface area contributed by atoms with Crippen molar-refractivity contribution < 1.29 is 8.42 Å². The molecule has 4 N–H and O–H groups in total. The third-order valence-corrected chi connectivity index (χ3v) is 4.79. The number of nitrogen functional groups attached to an aromatic ring is 1. The number of hydrogen-bond donors (Lipinski definition) is 3. The minimum Gasteiger partial charge on any atom is -0.399 e. The van der Waals surface area contributed by atoms with Crippen molar-refractivity contribution in [1.29, 1.82) is 0 Å². The van der Waals surface area contributed by atoms with E-state index >= 15 is 0 Å². The van der Waals surface area contributed by atoms with E-state index in [-0.39, 0.29) is 21.5 Å². The van der Waals surface area contributed by atoms with Gasteiger partial charge in [0, 0.05) is 18.7 Å². The summed E-state index contributed by atoms with van der Waals surface area (Å²) in [5.41, 5.74) is 5.82. The number of benzene rings is 1. The lowest BCUT2D eigenvalue weighted by molar-refractivity contribution is 0.581. The molecule has 10 heteroatoms. The van der Waals surface area contributed by atoms with Gasteiger partial charge < -0.3 is 5.73 Å². The van der Waals surface area contributed by atoms with Crippen molar-refractivity contribution in [2.75, 3.05) is 12.3 Å². The van der Waals surface area contributed by atoms with Gasteiger partial charge in [0.2, 0.25) is 10.0 Å². The minimum atomic E-state index is -3.82. The van der Waals surface area contributed by atoms with Gasteiger partial charge in [-0.25, -0.2) is 18.1 Å². The Morgan fingerprint density at radius 3 is 2.50 bits per heavy atom. The van der Waals surface area contributed by atoms with Crippen LogP contribution in [0.5, 0.6) is 0 Å². The molecule has 20 heavy (non-hydrogen) atoms. The molecule has 0 fully saturated rings. The van der Waals surface area contributed by atoms with Crippen LogP contribution in [0.3, 0.4) is 0 Å². The highest BCUT2D eigenvalue weighted by Gasteiger charge is 2.22. The average molecular weight is 336 g/mol. The molecule has 0 atom stereocenters. The predicted octanol–water partition coefficient (Wildman–Crippen LogP) is 1.21. The van der Waals surface area contributed by atoms with Crippen LogP contribution in [-0.4, -0.2) is 30.1 Å². The number of aromatic nitrogens is 3. The number of rotatable bonds is 5. The van der Waals surface area contributed by atoms with Gasteiger partial charge in [0.1, 0.15) is 17.0 Å². The second kappa shape index (κ2) is 5.96. The summed E-state index contributed by atoms with van der Waals surface area (Å²) in [6, 6.07) is 2.66. The first-order chi connectivity index (χ1) is 9.40. The summed E-state index contributed by atoms with van der Waals surface area (Å²) in [5.74, 6) is 0.571. The molecule has 0 aliphatic rings. The molecule has 1 aromatic heterocycles. The standard InChI is InChI=1S/C10H11Cl2N5O2S/c11-7-3-6(13)4-8(12)10(7)20(18,19)16-2-1-9-14-5-15-17-9/h3-5,16H,1-2,13H2,(H,14,15,17). The van der Waals surface area contributed by atoms with Crippen LogP contribution in [0.25, 0.3) is 0 Å². The Hall–Kier alpha value is -1.35. The van der Waals surface area contributed by atoms with Crippen molar-refractivity contribution in [3.8, 4) is 0 Å². The highest BCUT2D eigenvalue weighted by atomic mass is 35.5. The molecule has 0 saturated carbocycles. The van der Waals surface area contributed by atoms with Crippen LogP contribution in [0.2, 0.25) is 10.0 Å². The van der Waals surface area contributed by atoms with Crippen molar-refractivity contribution >= 4 is 38.9 Å². The summed E-state index contributed by atoms with van der Waals surface area (Å²) in [5, 5.41) is 6.24. The highest BCUT2D eigenvalue weighted by molar-refractivity contribution is 7.89. The number of aromatic amines is 1. The first-order valence-electron chi connectivity index (χ1n) is 5.48. The molecule has 1 aromatic carbocycles. The summed E-state index contributed by atoms with van der Waals surface area (Å²) in [6.45, 7) is 0.133. The first kappa shape index (κ1) is 15.0. The monoisotopic (exact) mass is 335 g/mol. The van der Waals surface area contributed by atoms with E-state index in [2.05, 4.69) is 19.9 Å². The lowest BCUT2D eigenvalue weighted by atomic mass is 10.3. The van der Waals surface area contributed by atoms with Gasteiger partial charge in [0.05, 0.1) is 10.0 Å². The van der Waals surface area contributed by atoms with Crippen LogP contribution < -0.4 is 10.5 Å². The van der Waals surface area contributed by atoms with Crippen LogP contribution in [-0.2, 0) is 16.4 Å². The van der Waals surface area contributed by atoms with Crippen molar-refractivity contribution in [3.05, 3.63) is 34.3 Å². The van der Waals surface area contributed by atoms with Gasteiger partial charge in [-0.2, -0.15) is 5.10 Å². The molecule has 108 valence electrons. The lowest BCUT2D eigenvalue weighted by Crippen LogP contribution is -2.26. The largest absolute Gasteiger partial charge is 0.399 e. The normalized spacial score (nSPS) is 11.7. The SMILES string of the molecule is Nc1cc(Cl)c(S(=O)(=O)NCCc2ncn[nH]2)c(Cl)c1. The molecule has 0 aliphatic heterocycles. The maximum atomic E-state index is 12.1. The molecular weight excluding hydrogens is 325 g/mol. The first-order valence-corrected chi connectivity index (χ1v) is 7.72. The average Bonchev–Trinajstić information content (AvgIpc) is 2.79. The molecular formula is C10H11Cl2N5O2S. The fraction of sp³-hybridized carbons (Fsp3) is 0.200. The summed E-state index contributed by atoms with van der Waals surface area (Å²) in [7, 11) is -3.82. The van der Waals surface area contributed by atoms with Crippen LogP contribution >= 0.6 is 23.2 Å². The Labute approximate surface area is 125 Å². The van der Waals surface area contributed by atoms with Crippen molar-refractivity contribution in [1.82, 2.24) is 19.9 Å². The smallest absolute Gasteiger partial charge is 0.243 e. The Bertz CT molecular complexity index is 679. The number of H-pyrrole nitrogens is 1. The molecule has 0 spiro atoms. The maximum Gasteiger partial charge on any atom is 0.243 e. The fourth-order valence-electron chi connectivity index (χ4n) is 1.56. The fourth-order valence-corrected chi connectivity index (χ4v) is 3.82. The second-order valence-corrected chi connectivity index (χ2v) is 6.41. The van der Waals surface area contributed by atoms with E-state index < -0.39 is 10.0 Å². The Morgan fingerprint density at radius 2 is 1.95 bits per heavy atom.